The first kappa shape index (κ1) is 13.0. The first-order valence-electron chi connectivity index (χ1n) is 7.43. The summed E-state index contributed by atoms with van der Waals surface area (Å²) in [5, 5.41) is 2.96. The van der Waals surface area contributed by atoms with Crippen LogP contribution < -0.4 is 5.32 Å². The molecule has 2 heterocycles. The Morgan fingerprint density at radius 1 is 1.27 bits per heavy atom. The molecule has 0 aliphatic heterocycles. The Bertz CT molecular complexity index is 847. The summed E-state index contributed by atoms with van der Waals surface area (Å²) in [6.07, 6.45) is 5.56. The molecular formula is C17H16N4O. The molecule has 22 heavy (non-hydrogen) atoms. The molecule has 2 aromatic heterocycles. The van der Waals surface area contributed by atoms with Crippen LogP contribution in [0.25, 0.3) is 17.0 Å². The number of nitrogens with zero attached hydrogens (tertiary/aromatic N) is 3. The van der Waals surface area contributed by atoms with Gasteiger partial charge in [-0.3, -0.25) is 9.20 Å². The zero-order valence-corrected chi connectivity index (χ0v) is 12.3. The lowest BCUT2D eigenvalue weighted by molar-refractivity contribution is -0.117. The molecule has 110 valence electrons. The van der Waals surface area contributed by atoms with E-state index in [1.54, 1.807) is 6.20 Å². The standard InChI is InChI=1S/C17H16N4O/c1-11-3-5-12(6-4-11)14-15(19-16(22)13-7-8-13)20-17-18-9-2-10-21(14)17/h2-6,9-10,13H,7-8H2,1H3,(H,19,22). The lowest BCUT2D eigenvalue weighted by atomic mass is 10.1. The Balaban J connectivity index is 1.85. The second kappa shape index (κ2) is 4.94. The molecule has 0 atom stereocenters. The van der Waals surface area contributed by atoms with Gasteiger partial charge in [-0.05, 0) is 25.8 Å². The molecule has 5 nitrogen and oxygen atoms in total. The number of nitrogens with one attached hydrogen (secondary N) is 1. The van der Waals surface area contributed by atoms with E-state index in [9.17, 15) is 4.79 Å². The Hall–Kier alpha value is -2.69. The molecule has 1 N–H and O–H groups in total. The van der Waals surface area contributed by atoms with Crippen molar-refractivity contribution in [1.82, 2.24) is 14.4 Å². The van der Waals surface area contributed by atoms with E-state index in [4.69, 9.17) is 0 Å². The molecule has 0 unspecified atom stereocenters. The molecule has 1 saturated carbocycles. The normalized spacial score (nSPS) is 14.2. The average Bonchev–Trinajstić information content (AvgIpc) is 3.31. The average molecular weight is 292 g/mol. The van der Waals surface area contributed by atoms with Crippen LogP contribution >= 0.6 is 0 Å². The minimum Gasteiger partial charge on any atom is -0.309 e. The Morgan fingerprint density at radius 3 is 2.77 bits per heavy atom. The van der Waals surface area contributed by atoms with Crippen molar-refractivity contribution in [3.63, 3.8) is 0 Å². The van der Waals surface area contributed by atoms with Gasteiger partial charge in [-0.25, -0.2) is 4.98 Å². The van der Waals surface area contributed by atoms with Gasteiger partial charge in [0.1, 0.15) is 0 Å². The summed E-state index contributed by atoms with van der Waals surface area (Å²) in [5.41, 5.74) is 3.08. The fourth-order valence-electron chi connectivity index (χ4n) is 2.53. The zero-order valence-electron chi connectivity index (χ0n) is 12.3. The number of aromatic nitrogens is 3. The van der Waals surface area contributed by atoms with Crippen LogP contribution in [-0.2, 0) is 4.79 Å². The first-order valence-corrected chi connectivity index (χ1v) is 7.43. The van der Waals surface area contributed by atoms with E-state index in [1.807, 2.05) is 28.8 Å². The highest BCUT2D eigenvalue weighted by atomic mass is 16.2. The smallest absolute Gasteiger partial charge is 0.236 e. The number of fused-ring (bicyclic) bond motifs is 1. The maximum absolute atomic E-state index is 12.1. The minimum atomic E-state index is 0.0526. The molecule has 1 aliphatic carbocycles. The van der Waals surface area contributed by atoms with Gasteiger partial charge in [0.25, 0.3) is 0 Å². The highest BCUT2D eigenvalue weighted by Crippen LogP contribution is 2.33. The molecule has 0 spiro atoms. The summed E-state index contributed by atoms with van der Waals surface area (Å²) in [6.45, 7) is 2.05. The van der Waals surface area contributed by atoms with Gasteiger partial charge in [0.15, 0.2) is 5.82 Å². The van der Waals surface area contributed by atoms with Crippen molar-refractivity contribution < 1.29 is 4.79 Å². The monoisotopic (exact) mass is 292 g/mol. The van der Waals surface area contributed by atoms with Crippen molar-refractivity contribution in [1.29, 1.82) is 0 Å². The second-order valence-electron chi connectivity index (χ2n) is 5.73. The van der Waals surface area contributed by atoms with Gasteiger partial charge in [-0.15, -0.1) is 0 Å². The van der Waals surface area contributed by atoms with Gasteiger partial charge in [0, 0.05) is 23.9 Å². The van der Waals surface area contributed by atoms with Gasteiger partial charge in [0.2, 0.25) is 11.7 Å². The van der Waals surface area contributed by atoms with Crippen molar-refractivity contribution >= 4 is 17.5 Å². The van der Waals surface area contributed by atoms with Crippen molar-refractivity contribution in [3.05, 3.63) is 48.3 Å². The van der Waals surface area contributed by atoms with Gasteiger partial charge >= 0.3 is 0 Å². The van der Waals surface area contributed by atoms with E-state index in [0.717, 1.165) is 24.1 Å². The van der Waals surface area contributed by atoms with Gasteiger partial charge in [-0.1, -0.05) is 29.8 Å². The van der Waals surface area contributed by atoms with E-state index >= 15 is 0 Å². The number of benzene rings is 1. The summed E-state index contributed by atoms with van der Waals surface area (Å²) >= 11 is 0. The topological polar surface area (TPSA) is 59.3 Å². The second-order valence-corrected chi connectivity index (χ2v) is 5.73. The number of carbonyl (C=O) groups is 1. The van der Waals surface area contributed by atoms with Crippen LogP contribution in [-0.4, -0.2) is 20.3 Å². The van der Waals surface area contributed by atoms with Crippen LogP contribution in [0.15, 0.2) is 42.7 Å². The summed E-state index contributed by atoms with van der Waals surface area (Å²) in [5.74, 6) is 1.36. The number of hydrogen-bond acceptors (Lipinski definition) is 3. The van der Waals surface area contributed by atoms with E-state index < -0.39 is 0 Å². The third-order valence-electron chi connectivity index (χ3n) is 3.92. The minimum absolute atomic E-state index is 0.0526. The highest BCUT2D eigenvalue weighted by molar-refractivity contribution is 5.96. The summed E-state index contributed by atoms with van der Waals surface area (Å²) in [4.78, 5) is 20.9. The van der Waals surface area contributed by atoms with Crippen molar-refractivity contribution in [3.8, 4) is 11.3 Å². The summed E-state index contributed by atoms with van der Waals surface area (Å²) in [7, 11) is 0. The molecule has 3 aromatic rings. The number of aryl methyl sites for hydroxylation is 1. The SMILES string of the molecule is Cc1ccc(-c2c(NC(=O)C3CC3)nc3ncccn23)cc1. The van der Waals surface area contributed by atoms with E-state index in [0.29, 0.717) is 11.6 Å². The molecular weight excluding hydrogens is 276 g/mol. The number of anilines is 1. The first-order chi connectivity index (χ1) is 10.7. The van der Waals surface area contributed by atoms with Gasteiger partial charge in [0.05, 0.1) is 5.69 Å². The quantitative estimate of drug-likeness (QED) is 0.807. The number of carbonyl (C=O) groups excluding carboxylic acids is 1. The number of rotatable bonds is 3. The lowest BCUT2D eigenvalue weighted by Crippen LogP contribution is -2.14. The van der Waals surface area contributed by atoms with Crippen LogP contribution in [0.5, 0.6) is 0 Å². The predicted molar refractivity (Wildman–Crippen MR) is 84.5 cm³/mol. The van der Waals surface area contributed by atoms with Crippen molar-refractivity contribution in [2.45, 2.75) is 19.8 Å². The molecule has 4 rings (SSSR count). The fraction of sp³-hybridized carbons (Fsp3) is 0.235. The van der Waals surface area contributed by atoms with E-state index in [-0.39, 0.29) is 11.8 Å². The Labute approximate surface area is 128 Å². The molecule has 5 heteroatoms. The predicted octanol–water partition coefficient (Wildman–Crippen LogP) is 3.05. The van der Waals surface area contributed by atoms with Gasteiger partial charge < -0.3 is 5.32 Å². The molecule has 1 aliphatic rings. The third-order valence-corrected chi connectivity index (χ3v) is 3.92. The molecule has 1 amide bonds. The van der Waals surface area contributed by atoms with Crippen molar-refractivity contribution in [2.75, 3.05) is 5.32 Å². The Kier molecular flexibility index (Phi) is 2.92. The maximum Gasteiger partial charge on any atom is 0.236 e. The van der Waals surface area contributed by atoms with Crippen LogP contribution in [0.2, 0.25) is 0 Å². The summed E-state index contributed by atoms with van der Waals surface area (Å²) in [6, 6.07) is 10.0. The molecule has 1 aromatic carbocycles. The zero-order chi connectivity index (χ0) is 15.1. The molecule has 0 saturated heterocycles. The highest BCUT2D eigenvalue weighted by Gasteiger charge is 2.31. The fourth-order valence-corrected chi connectivity index (χ4v) is 2.53. The molecule has 1 fully saturated rings. The lowest BCUT2D eigenvalue weighted by Gasteiger charge is -2.06. The molecule has 0 radical (unpaired) electrons. The van der Waals surface area contributed by atoms with Crippen LogP contribution in [0.3, 0.4) is 0 Å². The van der Waals surface area contributed by atoms with Crippen LogP contribution in [0, 0.1) is 12.8 Å². The van der Waals surface area contributed by atoms with Gasteiger partial charge in [-0.2, -0.15) is 4.98 Å². The number of amides is 1. The largest absolute Gasteiger partial charge is 0.309 e. The van der Waals surface area contributed by atoms with Crippen LogP contribution in [0.1, 0.15) is 18.4 Å². The van der Waals surface area contributed by atoms with E-state index in [2.05, 4.69) is 34.3 Å². The van der Waals surface area contributed by atoms with E-state index in [1.165, 1.54) is 5.56 Å². The van der Waals surface area contributed by atoms with Crippen LogP contribution in [0.4, 0.5) is 5.82 Å². The summed E-state index contributed by atoms with van der Waals surface area (Å²) < 4.78 is 1.91. The number of hydrogen-bond donors (Lipinski definition) is 1. The van der Waals surface area contributed by atoms with Crippen molar-refractivity contribution in [2.24, 2.45) is 5.92 Å². The number of imidazole rings is 1. The third kappa shape index (κ3) is 2.24. The Morgan fingerprint density at radius 2 is 2.05 bits per heavy atom. The molecule has 0 bridgehead atoms. The maximum atomic E-state index is 12.1.